The Hall–Kier alpha value is -0.340. The van der Waals surface area contributed by atoms with Crippen LogP contribution >= 0.6 is 67.8 Å². The van der Waals surface area contributed by atoms with Crippen LogP contribution < -0.4 is 10.1 Å². The van der Waals surface area contributed by atoms with Crippen molar-refractivity contribution in [2.75, 3.05) is 6.54 Å². The quantitative estimate of drug-likeness (QED) is 0.340. The highest BCUT2D eigenvalue weighted by molar-refractivity contribution is 14.1. The van der Waals surface area contributed by atoms with Gasteiger partial charge < -0.3 is 20.3 Å². The first kappa shape index (κ1) is 22.0. The van der Waals surface area contributed by atoms with Crippen molar-refractivity contribution in [3.63, 3.8) is 0 Å². The molecule has 2 aromatic rings. The van der Waals surface area contributed by atoms with Gasteiger partial charge in [-0.05, 0) is 123 Å². The fourth-order valence-corrected chi connectivity index (χ4v) is 4.90. The normalized spacial score (nSPS) is 12.0. The van der Waals surface area contributed by atoms with Crippen molar-refractivity contribution in [1.29, 1.82) is 0 Å². The summed E-state index contributed by atoms with van der Waals surface area (Å²) in [5, 5.41) is 22.1. The molecule has 0 bridgehead atoms. The summed E-state index contributed by atoms with van der Waals surface area (Å²) in [4.78, 5) is 11.4. The number of carboxylic acid groups (broad SMARTS) is 1. The number of ether oxygens (including phenoxy) is 1. The minimum atomic E-state index is -0.845. The zero-order valence-corrected chi connectivity index (χ0v) is 20.4. The third-order valence-electron chi connectivity index (χ3n) is 3.58. The zero-order valence-electron chi connectivity index (χ0n) is 13.9. The fourth-order valence-electron chi connectivity index (χ4n) is 2.30. The Kier molecular flexibility index (Phi) is 8.67. The summed E-state index contributed by atoms with van der Waals surface area (Å²) in [5.74, 6) is 0.744. The van der Waals surface area contributed by atoms with Crippen molar-refractivity contribution in [2.45, 2.75) is 25.8 Å². The number of rotatable bonds is 8. The number of nitrogens with one attached hydrogen (secondary N) is 1. The zero-order chi connectivity index (χ0) is 19.3. The molecule has 0 aliphatic rings. The third kappa shape index (κ3) is 6.09. The molecule has 0 radical (unpaired) electrons. The van der Waals surface area contributed by atoms with Crippen LogP contribution in [0.2, 0.25) is 0 Å². The van der Waals surface area contributed by atoms with Crippen LogP contribution in [0.4, 0.5) is 0 Å². The molecule has 0 aromatic heterocycles. The van der Waals surface area contributed by atoms with Crippen molar-refractivity contribution in [3.05, 3.63) is 46.6 Å². The Labute approximate surface area is 193 Å². The predicted octanol–water partition coefficient (Wildman–Crippen LogP) is 4.99. The molecule has 0 heterocycles. The summed E-state index contributed by atoms with van der Waals surface area (Å²) >= 11 is 6.44. The first-order valence-electron chi connectivity index (χ1n) is 7.92. The van der Waals surface area contributed by atoms with E-state index in [1.165, 1.54) is 0 Å². The molecule has 0 aliphatic carbocycles. The smallest absolute Gasteiger partial charge is 0.321 e. The molecule has 3 N–H and O–H groups in total. The van der Waals surface area contributed by atoms with Gasteiger partial charge in [-0.25, -0.2) is 0 Å². The molecular formula is C18H18I3NO4. The Balaban J connectivity index is 2.21. The number of benzene rings is 2. The van der Waals surface area contributed by atoms with Crippen LogP contribution in [0.15, 0.2) is 30.3 Å². The number of halogens is 3. The number of carbonyl (C=O) groups is 1. The molecule has 1 atom stereocenters. The molecule has 0 saturated heterocycles. The lowest BCUT2D eigenvalue weighted by atomic mass is 10.1. The Morgan fingerprint density at radius 3 is 2.35 bits per heavy atom. The third-order valence-corrected chi connectivity index (χ3v) is 6.04. The number of aliphatic carboxylic acids is 1. The van der Waals surface area contributed by atoms with Crippen molar-refractivity contribution in [2.24, 2.45) is 0 Å². The van der Waals surface area contributed by atoms with E-state index in [1.54, 1.807) is 18.2 Å². The van der Waals surface area contributed by atoms with E-state index in [0.29, 0.717) is 22.3 Å². The summed E-state index contributed by atoms with van der Waals surface area (Å²) < 4.78 is 8.52. The van der Waals surface area contributed by atoms with Gasteiger partial charge in [0.15, 0.2) is 5.75 Å². The molecule has 2 rings (SSSR count). The van der Waals surface area contributed by atoms with E-state index in [2.05, 4.69) is 50.5 Å². The van der Waals surface area contributed by atoms with E-state index >= 15 is 0 Å². The second kappa shape index (κ2) is 10.3. The van der Waals surface area contributed by atoms with E-state index < -0.39 is 12.0 Å². The van der Waals surface area contributed by atoms with Gasteiger partial charge in [-0.2, -0.15) is 0 Å². The van der Waals surface area contributed by atoms with Gasteiger partial charge in [0.2, 0.25) is 0 Å². The van der Waals surface area contributed by atoms with Crippen molar-refractivity contribution in [1.82, 2.24) is 5.32 Å². The van der Waals surface area contributed by atoms with Crippen molar-refractivity contribution < 1.29 is 19.7 Å². The lowest BCUT2D eigenvalue weighted by Gasteiger charge is -2.16. The standard InChI is InChI=1S/C18H18I3NO4/c1-2-5-22-15(18(24)25)8-10-6-13(20)17(14(21)7-10)26-11-3-4-16(23)12(19)9-11/h3-4,6-7,9,15,22-23H,2,5,8H2,1H3,(H,24,25). The van der Waals surface area contributed by atoms with Gasteiger partial charge in [0.25, 0.3) is 0 Å². The van der Waals surface area contributed by atoms with E-state index in [-0.39, 0.29) is 5.75 Å². The number of carboxylic acids is 1. The van der Waals surface area contributed by atoms with E-state index in [4.69, 9.17) is 4.74 Å². The molecule has 1 unspecified atom stereocenters. The van der Waals surface area contributed by atoms with E-state index in [1.807, 2.05) is 41.6 Å². The molecule has 0 saturated carbocycles. The molecular weight excluding hydrogens is 675 g/mol. The molecule has 5 nitrogen and oxygen atoms in total. The minimum Gasteiger partial charge on any atom is -0.507 e. The van der Waals surface area contributed by atoms with Crippen molar-refractivity contribution in [3.8, 4) is 17.2 Å². The van der Waals surface area contributed by atoms with Crippen LogP contribution in [-0.4, -0.2) is 28.8 Å². The largest absolute Gasteiger partial charge is 0.507 e. The highest BCUT2D eigenvalue weighted by Crippen LogP contribution is 2.35. The lowest BCUT2D eigenvalue weighted by Crippen LogP contribution is -2.38. The maximum Gasteiger partial charge on any atom is 0.321 e. The number of hydrogen-bond acceptors (Lipinski definition) is 4. The highest BCUT2D eigenvalue weighted by atomic mass is 127. The van der Waals surface area contributed by atoms with Gasteiger partial charge in [0, 0.05) is 0 Å². The monoisotopic (exact) mass is 693 g/mol. The van der Waals surface area contributed by atoms with Gasteiger partial charge in [-0.15, -0.1) is 0 Å². The summed E-state index contributed by atoms with van der Waals surface area (Å²) in [7, 11) is 0. The number of phenolic OH excluding ortho intramolecular Hbond substituents is 1. The molecule has 0 spiro atoms. The minimum absolute atomic E-state index is 0.219. The Morgan fingerprint density at radius 1 is 1.15 bits per heavy atom. The lowest BCUT2D eigenvalue weighted by molar-refractivity contribution is -0.139. The highest BCUT2D eigenvalue weighted by Gasteiger charge is 2.19. The van der Waals surface area contributed by atoms with Gasteiger partial charge in [0.1, 0.15) is 17.5 Å². The Bertz CT molecular complexity index is 775. The molecule has 8 heteroatoms. The average molecular weight is 693 g/mol. The van der Waals surface area contributed by atoms with Crippen LogP contribution in [0.25, 0.3) is 0 Å². The second-order valence-corrected chi connectivity index (χ2v) is 9.14. The summed E-state index contributed by atoms with van der Waals surface area (Å²) in [6, 6.07) is 8.38. The van der Waals surface area contributed by atoms with Crippen molar-refractivity contribution >= 4 is 73.7 Å². The maximum absolute atomic E-state index is 11.4. The number of aromatic hydroxyl groups is 1. The van der Waals surface area contributed by atoms with Crippen LogP contribution in [0.5, 0.6) is 17.2 Å². The summed E-state index contributed by atoms with van der Waals surface area (Å²) in [5.41, 5.74) is 0.947. The molecule has 0 fully saturated rings. The first-order chi connectivity index (χ1) is 12.3. The summed E-state index contributed by atoms with van der Waals surface area (Å²) in [6.45, 7) is 2.68. The molecule has 0 amide bonds. The van der Waals surface area contributed by atoms with Gasteiger partial charge in [0.05, 0.1) is 10.7 Å². The molecule has 140 valence electrons. The molecule has 2 aromatic carbocycles. The fraction of sp³-hybridized carbons (Fsp3) is 0.278. The van der Waals surface area contributed by atoms with E-state index in [0.717, 1.165) is 24.9 Å². The van der Waals surface area contributed by atoms with Gasteiger partial charge >= 0.3 is 5.97 Å². The Morgan fingerprint density at radius 2 is 1.81 bits per heavy atom. The SMILES string of the molecule is CCCNC(Cc1cc(I)c(Oc2ccc(O)c(I)c2)c(I)c1)C(=O)O. The second-order valence-electron chi connectivity index (χ2n) is 5.65. The maximum atomic E-state index is 11.4. The number of hydrogen-bond donors (Lipinski definition) is 3. The van der Waals surface area contributed by atoms with Gasteiger partial charge in [-0.1, -0.05) is 6.92 Å². The van der Waals surface area contributed by atoms with Gasteiger partial charge in [-0.3, -0.25) is 4.79 Å². The van der Waals surface area contributed by atoms with E-state index in [9.17, 15) is 15.0 Å². The average Bonchev–Trinajstić information content (AvgIpc) is 2.57. The topological polar surface area (TPSA) is 78.8 Å². The van der Waals surface area contributed by atoms with Crippen LogP contribution in [0, 0.1) is 10.7 Å². The van der Waals surface area contributed by atoms with Crippen LogP contribution in [-0.2, 0) is 11.2 Å². The van der Waals surface area contributed by atoms with Crippen LogP contribution in [0.3, 0.4) is 0 Å². The van der Waals surface area contributed by atoms with Crippen LogP contribution in [0.1, 0.15) is 18.9 Å². The number of phenols is 1. The first-order valence-corrected chi connectivity index (χ1v) is 11.2. The molecule has 26 heavy (non-hydrogen) atoms. The predicted molar refractivity (Wildman–Crippen MR) is 126 cm³/mol. The molecule has 0 aliphatic heterocycles. The summed E-state index contributed by atoms with van der Waals surface area (Å²) in [6.07, 6.45) is 1.30.